The number of hydrogen-bond donors (Lipinski definition) is 0. The second-order valence-electron chi connectivity index (χ2n) is 5.67. The van der Waals surface area contributed by atoms with Gasteiger partial charge >= 0.3 is 0 Å². The van der Waals surface area contributed by atoms with Crippen molar-refractivity contribution in [3.05, 3.63) is 29.8 Å². The fourth-order valence-corrected chi connectivity index (χ4v) is 3.29. The molecule has 1 saturated heterocycles. The Balaban J connectivity index is 1.68. The molecule has 0 bridgehead atoms. The van der Waals surface area contributed by atoms with Gasteiger partial charge in [0.25, 0.3) is 0 Å². The highest BCUT2D eigenvalue weighted by Gasteiger charge is 2.44. The van der Waals surface area contributed by atoms with Crippen LogP contribution in [0.4, 0.5) is 5.69 Å². The van der Waals surface area contributed by atoms with Crippen molar-refractivity contribution in [2.24, 2.45) is 5.41 Å². The fourth-order valence-electron chi connectivity index (χ4n) is 3.29. The number of hydrogen-bond acceptors (Lipinski definition) is 2. The number of ketones is 1. The van der Waals surface area contributed by atoms with Gasteiger partial charge < -0.3 is 4.90 Å². The summed E-state index contributed by atoms with van der Waals surface area (Å²) in [5, 5.41) is 0. The first-order chi connectivity index (χ1) is 8.19. The summed E-state index contributed by atoms with van der Waals surface area (Å²) in [6, 6.07) is 8.05. The maximum Gasteiger partial charge on any atom is 0.159 e. The molecule has 0 amide bonds. The molecule has 1 aliphatic heterocycles. The summed E-state index contributed by atoms with van der Waals surface area (Å²) >= 11 is 0. The van der Waals surface area contributed by atoms with Gasteiger partial charge in [-0.15, -0.1) is 0 Å². The van der Waals surface area contributed by atoms with Gasteiger partial charge in [-0.05, 0) is 44.0 Å². The van der Waals surface area contributed by atoms with Crippen molar-refractivity contribution in [2.45, 2.75) is 32.6 Å². The highest BCUT2D eigenvalue weighted by atomic mass is 16.1. The van der Waals surface area contributed by atoms with Crippen LogP contribution in [0.2, 0.25) is 0 Å². The lowest BCUT2D eigenvalue weighted by molar-refractivity contribution is 0.101. The van der Waals surface area contributed by atoms with E-state index in [-0.39, 0.29) is 5.78 Å². The molecule has 0 radical (unpaired) electrons. The van der Waals surface area contributed by atoms with Gasteiger partial charge in [-0.25, -0.2) is 0 Å². The maximum atomic E-state index is 11.2. The summed E-state index contributed by atoms with van der Waals surface area (Å²) in [4.78, 5) is 13.6. The van der Waals surface area contributed by atoms with Gasteiger partial charge in [0.15, 0.2) is 5.78 Å². The van der Waals surface area contributed by atoms with Crippen molar-refractivity contribution < 1.29 is 4.79 Å². The topological polar surface area (TPSA) is 20.3 Å². The van der Waals surface area contributed by atoms with Crippen LogP contribution in [0, 0.1) is 5.41 Å². The quantitative estimate of drug-likeness (QED) is 0.725. The highest BCUT2D eigenvalue weighted by Crippen LogP contribution is 2.46. The Hall–Kier alpha value is -1.31. The van der Waals surface area contributed by atoms with Crippen LogP contribution in [0.1, 0.15) is 43.0 Å². The monoisotopic (exact) mass is 229 g/mol. The largest absolute Gasteiger partial charge is 0.370 e. The molecule has 0 atom stereocenters. The van der Waals surface area contributed by atoms with Crippen LogP contribution in [0.15, 0.2) is 24.3 Å². The predicted octanol–water partition coefficient (Wildman–Crippen LogP) is 3.27. The van der Waals surface area contributed by atoms with Crippen LogP contribution in [-0.2, 0) is 0 Å². The van der Waals surface area contributed by atoms with E-state index in [4.69, 9.17) is 0 Å². The van der Waals surface area contributed by atoms with Gasteiger partial charge in [-0.2, -0.15) is 0 Å². The summed E-state index contributed by atoms with van der Waals surface area (Å²) in [6.45, 7) is 4.05. The van der Waals surface area contributed by atoms with Gasteiger partial charge in [0, 0.05) is 29.8 Å². The van der Waals surface area contributed by atoms with Crippen LogP contribution in [-0.4, -0.2) is 18.9 Å². The molecule has 1 saturated carbocycles. The van der Waals surface area contributed by atoms with E-state index in [9.17, 15) is 4.79 Å². The molecule has 2 fully saturated rings. The Morgan fingerprint density at radius 1 is 1.12 bits per heavy atom. The summed E-state index contributed by atoms with van der Waals surface area (Å²) in [5.41, 5.74) is 2.72. The number of nitrogens with zero attached hydrogens (tertiary/aromatic N) is 1. The zero-order chi connectivity index (χ0) is 11.9. The predicted molar refractivity (Wildman–Crippen MR) is 69.6 cm³/mol. The molecule has 1 spiro atoms. The van der Waals surface area contributed by atoms with E-state index >= 15 is 0 Å². The summed E-state index contributed by atoms with van der Waals surface area (Å²) in [7, 11) is 0. The molecule has 2 nitrogen and oxygen atoms in total. The van der Waals surface area contributed by atoms with Gasteiger partial charge in [-0.1, -0.05) is 12.8 Å². The first-order valence-electron chi connectivity index (χ1n) is 6.55. The summed E-state index contributed by atoms with van der Waals surface area (Å²) in [5.74, 6) is 0.146. The molecule has 2 heteroatoms. The Labute approximate surface area is 103 Å². The van der Waals surface area contributed by atoms with Crippen LogP contribution in [0.5, 0.6) is 0 Å². The number of anilines is 1. The molecule has 3 rings (SSSR count). The van der Waals surface area contributed by atoms with Crippen molar-refractivity contribution in [3.63, 3.8) is 0 Å². The minimum atomic E-state index is 0.146. The highest BCUT2D eigenvalue weighted by molar-refractivity contribution is 5.94. The average Bonchev–Trinajstić information content (AvgIpc) is 2.76. The molecule has 1 heterocycles. The molecule has 17 heavy (non-hydrogen) atoms. The maximum absolute atomic E-state index is 11.2. The van der Waals surface area contributed by atoms with Crippen molar-refractivity contribution in [1.29, 1.82) is 0 Å². The van der Waals surface area contributed by atoms with E-state index in [0.717, 1.165) is 5.56 Å². The third kappa shape index (κ3) is 1.86. The lowest BCUT2D eigenvalue weighted by atomic mass is 9.78. The third-order valence-corrected chi connectivity index (χ3v) is 4.36. The molecule has 1 aromatic rings. The number of rotatable bonds is 2. The van der Waals surface area contributed by atoms with Crippen LogP contribution in [0.3, 0.4) is 0 Å². The van der Waals surface area contributed by atoms with Gasteiger partial charge in [0.1, 0.15) is 0 Å². The van der Waals surface area contributed by atoms with E-state index < -0.39 is 0 Å². The lowest BCUT2D eigenvalue weighted by Crippen LogP contribution is -2.55. The third-order valence-electron chi connectivity index (χ3n) is 4.36. The Bertz CT molecular complexity index is 421. The average molecular weight is 229 g/mol. The Kier molecular flexibility index (Phi) is 2.46. The van der Waals surface area contributed by atoms with E-state index in [0.29, 0.717) is 5.41 Å². The van der Waals surface area contributed by atoms with Gasteiger partial charge in [-0.3, -0.25) is 4.79 Å². The van der Waals surface area contributed by atoms with Crippen molar-refractivity contribution >= 4 is 11.5 Å². The first kappa shape index (κ1) is 10.8. The van der Waals surface area contributed by atoms with E-state index in [1.807, 2.05) is 12.1 Å². The minimum Gasteiger partial charge on any atom is -0.370 e. The molecular formula is C15H19NO. The summed E-state index contributed by atoms with van der Waals surface area (Å²) in [6.07, 6.45) is 5.65. The van der Waals surface area contributed by atoms with E-state index in [2.05, 4.69) is 17.0 Å². The number of Topliss-reactive ketones (excluding diaryl/α,β-unsaturated/α-hetero) is 1. The molecule has 1 aliphatic carbocycles. The number of carbonyl (C=O) groups excluding carboxylic acids is 1. The SMILES string of the molecule is CC(=O)c1ccc(N2CC3(CCCC3)C2)cc1. The second-order valence-corrected chi connectivity index (χ2v) is 5.67. The normalized spacial score (nSPS) is 21.6. The zero-order valence-electron chi connectivity index (χ0n) is 10.4. The summed E-state index contributed by atoms with van der Waals surface area (Å²) < 4.78 is 0. The Morgan fingerprint density at radius 2 is 1.71 bits per heavy atom. The van der Waals surface area contributed by atoms with Gasteiger partial charge in [0.05, 0.1) is 0 Å². The van der Waals surface area contributed by atoms with E-state index in [1.165, 1.54) is 44.5 Å². The molecule has 1 aromatic carbocycles. The Morgan fingerprint density at radius 3 is 2.24 bits per heavy atom. The van der Waals surface area contributed by atoms with Gasteiger partial charge in [0.2, 0.25) is 0 Å². The van der Waals surface area contributed by atoms with Crippen molar-refractivity contribution in [3.8, 4) is 0 Å². The van der Waals surface area contributed by atoms with Crippen LogP contribution in [0.25, 0.3) is 0 Å². The van der Waals surface area contributed by atoms with Crippen LogP contribution < -0.4 is 4.90 Å². The molecule has 90 valence electrons. The zero-order valence-corrected chi connectivity index (χ0v) is 10.4. The second kappa shape index (κ2) is 3.86. The molecule has 0 aromatic heterocycles. The fraction of sp³-hybridized carbons (Fsp3) is 0.533. The molecule has 2 aliphatic rings. The van der Waals surface area contributed by atoms with Crippen molar-refractivity contribution in [1.82, 2.24) is 0 Å². The molecular weight excluding hydrogens is 210 g/mol. The smallest absolute Gasteiger partial charge is 0.159 e. The standard InChI is InChI=1S/C15H19NO/c1-12(17)13-4-6-14(7-5-13)16-10-15(11-16)8-2-3-9-15/h4-7H,2-3,8-11H2,1H3. The van der Waals surface area contributed by atoms with Crippen LogP contribution >= 0.6 is 0 Å². The number of carbonyl (C=O) groups is 1. The minimum absolute atomic E-state index is 0.146. The molecule has 0 unspecified atom stereocenters. The molecule has 0 N–H and O–H groups in total. The first-order valence-corrected chi connectivity index (χ1v) is 6.55. The lowest BCUT2D eigenvalue weighted by Gasteiger charge is -2.49. The number of benzene rings is 1. The van der Waals surface area contributed by atoms with E-state index in [1.54, 1.807) is 6.92 Å². The van der Waals surface area contributed by atoms with Crippen molar-refractivity contribution in [2.75, 3.05) is 18.0 Å².